The summed E-state index contributed by atoms with van der Waals surface area (Å²) >= 11 is 0. The van der Waals surface area contributed by atoms with Crippen molar-refractivity contribution in [3.63, 3.8) is 0 Å². The van der Waals surface area contributed by atoms with E-state index in [2.05, 4.69) is 73.3 Å². The van der Waals surface area contributed by atoms with E-state index in [0.29, 0.717) is 0 Å². The summed E-state index contributed by atoms with van der Waals surface area (Å²) in [6.07, 6.45) is 1.63. The van der Waals surface area contributed by atoms with Crippen LogP contribution in [0.15, 0.2) is 84.9 Å². The molecule has 3 aromatic rings. The van der Waals surface area contributed by atoms with E-state index in [-0.39, 0.29) is 11.7 Å². The summed E-state index contributed by atoms with van der Waals surface area (Å²) in [5, 5.41) is 10.1. The first-order chi connectivity index (χ1) is 15.0. The molecular weight excluding hydrogens is 383 g/mol. The number of nitrogens with zero attached hydrogens (tertiary/aromatic N) is 2. The molecule has 0 aliphatic rings. The van der Waals surface area contributed by atoms with Gasteiger partial charge in [0.1, 0.15) is 5.82 Å². The van der Waals surface area contributed by atoms with E-state index in [1.807, 2.05) is 12.1 Å². The van der Waals surface area contributed by atoms with Crippen LogP contribution in [-0.2, 0) is 18.5 Å². The molecule has 1 unspecified atom stereocenters. The molecule has 0 saturated heterocycles. The Morgan fingerprint density at radius 2 is 1.35 bits per heavy atom. The molecular formula is C28H31FN2. The number of hydrogen-bond acceptors (Lipinski definition) is 2. The Balaban J connectivity index is 1.74. The van der Waals surface area contributed by atoms with E-state index in [1.54, 1.807) is 12.1 Å². The number of benzene rings is 3. The van der Waals surface area contributed by atoms with Gasteiger partial charge >= 0.3 is 0 Å². The van der Waals surface area contributed by atoms with E-state index < -0.39 is 5.41 Å². The van der Waals surface area contributed by atoms with Crippen molar-refractivity contribution < 1.29 is 4.39 Å². The predicted molar refractivity (Wildman–Crippen MR) is 125 cm³/mol. The summed E-state index contributed by atoms with van der Waals surface area (Å²) in [5.74, 6) is -0.129. The molecule has 0 saturated carbocycles. The van der Waals surface area contributed by atoms with Crippen LogP contribution >= 0.6 is 0 Å². The Bertz CT molecular complexity index is 920. The lowest BCUT2D eigenvalue weighted by Crippen LogP contribution is -2.32. The minimum absolute atomic E-state index is 0.139. The minimum atomic E-state index is -0.612. The van der Waals surface area contributed by atoms with Crippen LogP contribution in [0.25, 0.3) is 0 Å². The van der Waals surface area contributed by atoms with Gasteiger partial charge in [-0.3, -0.25) is 4.90 Å². The van der Waals surface area contributed by atoms with Crippen molar-refractivity contribution in [1.82, 2.24) is 4.90 Å². The highest BCUT2D eigenvalue weighted by molar-refractivity contribution is 5.33. The van der Waals surface area contributed by atoms with Crippen LogP contribution in [0.5, 0.6) is 0 Å². The average molecular weight is 415 g/mol. The van der Waals surface area contributed by atoms with E-state index in [0.717, 1.165) is 38.0 Å². The molecule has 0 aliphatic heterocycles. The maximum absolute atomic E-state index is 13.5. The molecule has 0 N–H and O–H groups in total. The van der Waals surface area contributed by atoms with Gasteiger partial charge in [-0.25, -0.2) is 4.39 Å². The molecule has 160 valence electrons. The van der Waals surface area contributed by atoms with Gasteiger partial charge in [-0.15, -0.1) is 0 Å². The Morgan fingerprint density at radius 1 is 0.839 bits per heavy atom. The molecule has 1 atom stereocenters. The molecule has 31 heavy (non-hydrogen) atoms. The highest BCUT2D eigenvalue weighted by Crippen LogP contribution is 2.36. The summed E-state index contributed by atoms with van der Waals surface area (Å²) in [4.78, 5) is 2.44. The van der Waals surface area contributed by atoms with Gasteiger partial charge in [0.25, 0.3) is 0 Å². The number of halogens is 1. The predicted octanol–water partition coefficient (Wildman–Crippen LogP) is 6.73. The summed E-state index contributed by atoms with van der Waals surface area (Å²) in [5.41, 5.74) is 2.86. The van der Waals surface area contributed by atoms with Crippen LogP contribution in [0, 0.1) is 23.1 Å². The van der Waals surface area contributed by atoms with Gasteiger partial charge in [0, 0.05) is 13.1 Å². The standard InChI is InChI=1S/C28H31FN2/c1-23(2)28(22-30,26-14-16-27(29)17-15-26)18-9-19-31(20-24-10-5-3-6-11-24)21-25-12-7-4-8-13-25/h3-8,10-17,23H,9,18-21H2,1-2H3. The zero-order chi connectivity index (χ0) is 22.1. The molecule has 2 nitrogen and oxygen atoms in total. The molecule has 0 bridgehead atoms. The van der Waals surface area contributed by atoms with Gasteiger partial charge in [-0.2, -0.15) is 5.26 Å². The quantitative estimate of drug-likeness (QED) is 0.368. The number of hydrogen-bond donors (Lipinski definition) is 0. The van der Waals surface area contributed by atoms with Crippen LogP contribution in [0.3, 0.4) is 0 Å². The van der Waals surface area contributed by atoms with Gasteiger partial charge in [0.2, 0.25) is 0 Å². The number of rotatable bonds is 10. The van der Waals surface area contributed by atoms with Gasteiger partial charge in [0.05, 0.1) is 11.5 Å². The second kappa shape index (κ2) is 10.9. The number of nitriles is 1. The summed E-state index contributed by atoms with van der Waals surface area (Å²) in [6, 6.07) is 30.0. The summed E-state index contributed by atoms with van der Waals surface area (Å²) in [6.45, 7) is 6.79. The molecule has 0 amide bonds. The third-order valence-electron chi connectivity index (χ3n) is 6.09. The first-order valence-corrected chi connectivity index (χ1v) is 11.0. The van der Waals surface area contributed by atoms with Crippen molar-refractivity contribution in [2.75, 3.05) is 6.54 Å². The maximum Gasteiger partial charge on any atom is 0.123 e. The third kappa shape index (κ3) is 6.03. The van der Waals surface area contributed by atoms with Crippen LogP contribution in [0.1, 0.15) is 43.4 Å². The zero-order valence-electron chi connectivity index (χ0n) is 18.5. The third-order valence-corrected chi connectivity index (χ3v) is 6.09. The van der Waals surface area contributed by atoms with Crippen molar-refractivity contribution in [1.29, 1.82) is 5.26 Å². The largest absolute Gasteiger partial charge is 0.295 e. The van der Waals surface area contributed by atoms with Gasteiger partial charge in [-0.05, 0) is 54.1 Å². The fourth-order valence-corrected chi connectivity index (χ4v) is 4.24. The van der Waals surface area contributed by atoms with Gasteiger partial charge < -0.3 is 0 Å². The molecule has 0 spiro atoms. The maximum atomic E-state index is 13.5. The smallest absolute Gasteiger partial charge is 0.123 e. The van der Waals surface area contributed by atoms with Crippen molar-refractivity contribution in [3.05, 3.63) is 107 Å². The first-order valence-electron chi connectivity index (χ1n) is 11.0. The van der Waals surface area contributed by atoms with E-state index >= 15 is 0 Å². The molecule has 0 fully saturated rings. The minimum Gasteiger partial charge on any atom is -0.295 e. The molecule has 0 aromatic heterocycles. The first kappa shape index (κ1) is 22.7. The summed E-state index contributed by atoms with van der Waals surface area (Å²) in [7, 11) is 0. The Labute approximate surface area is 186 Å². The second-order valence-electron chi connectivity index (χ2n) is 8.53. The Kier molecular flexibility index (Phi) is 7.98. The van der Waals surface area contributed by atoms with Crippen molar-refractivity contribution in [2.45, 2.75) is 45.2 Å². The average Bonchev–Trinajstić information content (AvgIpc) is 2.79. The van der Waals surface area contributed by atoms with Crippen molar-refractivity contribution >= 4 is 0 Å². The normalized spacial score (nSPS) is 13.2. The van der Waals surface area contributed by atoms with Crippen LogP contribution in [-0.4, -0.2) is 11.4 Å². The Morgan fingerprint density at radius 3 is 1.81 bits per heavy atom. The fourth-order valence-electron chi connectivity index (χ4n) is 4.24. The van der Waals surface area contributed by atoms with Crippen LogP contribution < -0.4 is 0 Å². The monoisotopic (exact) mass is 414 g/mol. The van der Waals surface area contributed by atoms with E-state index in [4.69, 9.17) is 0 Å². The molecule has 0 aliphatic carbocycles. The van der Waals surface area contributed by atoms with Crippen LogP contribution in [0.2, 0.25) is 0 Å². The lowest BCUT2D eigenvalue weighted by molar-refractivity contribution is 0.236. The van der Waals surface area contributed by atoms with Gasteiger partial charge in [0.15, 0.2) is 0 Å². The molecule has 0 radical (unpaired) electrons. The lowest BCUT2D eigenvalue weighted by atomic mass is 9.70. The topological polar surface area (TPSA) is 27.0 Å². The molecule has 3 rings (SSSR count). The lowest BCUT2D eigenvalue weighted by Gasteiger charge is -2.32. The van der Waals surface area contributed by atoms with E-state index in [9.17, 15) is 9.65 Å². The summed E-state index contributed by atoms with van der Waals surface area (Å²) < 4.78 is 13.5. The van der Waals surface area contributed by atoms with Gasteiger partial charge in [-0.1, -0.05) is 86.6 Å². The fraction of sp³-hybridized carbons (Fsp3) is 0.321. The molecule has 3 heteroatoms. The zero-order valence-corrected chi connectivity index (χ0v) is 18.5. The van der Waals surface area contributed by atoms with Crippen molar-refractivity contribution in [2.24, 2.45) is 5.92 Å². The van der Waals surface area contributed by atoms with Crippen LogP contribution in [0.4, 0.5) is 4.39 Å². The molecule has 3 aromatic carbocycles. The second-order valence-corrected chi connectivity index (χ2v) is 8.53. The highest BCUT2D eigenvalue weighted by Gasteiger charge is 2.35. The highest BCUT2D eigenvalue weighted by atomic mass is 19.1. The van der Waals surface area contributed by atoms with Crippen molar-refractivity contribution in [3.8, 4) is 6.07 Å². The SMILES string of the molecule is CC(C)C(C#N)(CCCN(Cc1ccccc1)Cc1ccccc1)c1ccc(F)cc1. The van der Waals surface area contributed by atoms with E-state index in [1.165, 1.54) is 23.3 Å². The molecule has 0 heterocycles. The Hall–Kier alpha value is -2.96.